The van der Waals surface area contributed by atoms with Crippen LogP contribution >= 0.6 is 0 Å². The third kappa shape index (κ3) is 2.81. The quantitative estimate of drug-likeness (QED) is 0.862. The summed E-state index contributed by atoms with van der Waals surface area (Å²) >= 11 is 0. The van der Waals surface area contributed by atoms with Gasteiger partial charge in [0, 0.05) is 12.2 Å². The molecule has 1 atom stereocenters. The second kappa shape index (κ2) is 4.97. The van der Waals surface area contributed by atoms with Crippen LogP contribution in [-0.4, -0.2) is 11.0 Å². The first-order valence-electron chi connectivity index (χ1n) is 6.64. The van der Waals surface area contributed by atoms with E-state index in [4.69, 9.17) is 0 Å². The Bertz CT molecular complexity index is 471. The average Bonchev–Trinajstić information content (AvgIpc) is 2.28. The van der Waals surface area contributed by atoms with Gasteiger partial charge in [-0.15, -0.1) is 0 Å². The number of nitrogens with one attached hydrogen (secondary N) is 1. The van der Waals surface area contributed by atoms with Gasteiger partial charge in [0.15, 0.2) is 0 Å². The summed E-state index contributed by atoms with van der Waals surface area (Å²) in [6.45, 7) is 6.58. The van der Waals surface area contributed by atoms with E-state index in [1.165, 1.54) is 19.3 Å². The lowest BCUT2D eigenvalue weighted by atomic mass is 9.75. The topological polar surface area (TPSA) is 48.7 Å². The molecule has 1 aliphatic carbocycles. The van der Waals surface area contributed by atoms with Gasteiger partial charge in [-0.2, -0.15) is 5.26 Å². The molecule has 1 aliphatic rings. The van der Waals surface area contributed by atoms with Crippen LogP contribution in [0.4, 0.5) is 5.82 Å². The van der Waals surface area contributed by atoms with Crippen molar-refractivity contribution in [2.24, 2.45) is 5.41 Å². The molecule has 1 unspecified atom stereocenters. The Kier molecular flexibility index (Phi) is 3.56. The molecule has 0 saturated heterocycles. The van der Waals surface area contributed by atoms with Crippen molar-refractivity contribution in [3.8, 4) is 6.07 Å². The van der Waals surface area contributed by atoms with Gasteiger partial charge >= 0.3 is 0 Å². The highest BCUT2D eigenvalue weighted by atomic mass is 15.0. The molecule has 0 amide bonds. The molecule has 0 aromatic carbocycles. The van der Waals surface area contributed by atoms with Gasteiger partial charge in [0.25, 0.3) is 0 Å². The van der Waals surface area contributed by atoms with Crippen molar-refractivity contribution in [3.63, 3.8) is 0 Å². The Morgan fingerprint density at radius 1 is 1.50 bits per heavy atom. The maximum atomic E-state index is 9.20. The van der Waals surface area contributed by atoms with E-state index in [0.717, 1.165) is 17.8 Å². The Hall–Kier alpha value is -1.56. The normalized spacial score (nSPS) is 22.2. The van der Waals surface area contributed by atoms with Gasteiger partial charge in [0.1, 0.15) is 11.9 Å². The van der Waals surface area contributed by atoms with E-state index in [2.05, 4.69) is 30.2 Å². The Morgan fingerprint density at radius 3 is 2.94 bits per heavy atom. The second-order valence-electron chi connectivity index (χ2n) is 6.07. The first-order valence-corrected chi connectivity index (χ1v) is 6.64. The Labute approximate surface area is 109 Å². The summed E-state index contributed by atoms with van der Waals surface area (Å²) < 4.78 is 0. The molecule has 0 aliphatic heterocycles. The largest absolute Gasteiger partial charge is 0.366 e. The lowest BCUT2D eigenvalue weighted by Crippen LogP contribution is -2.32. The number of anilines is 1. The molecule has 1 saturated carbocycles. The van der Waals surface area contributed by atoms with E-state index in [-0.39, 0.29) is 0 Å². The fraction of sp³-hybridized carbons (Fsp3) is 0.600. The minimum absolute atomic E-state index is 0.395. The van der Waals surface area contributed by atoms with E-state index in [0.29, 0.717) is 17.0 Å². The first-order chi connectivity index (χ1) is 8.52. The van der Waals surface area contributed by atoms with Crippen molar-refractivity contribution >= 4 is 5.82 Å². The Balaban J connectivity index is 2.15. The highest BCUT2D eigenvalue weighted by Crippen LogP contribution is 2.36. The molecular formula is C15H21N3. The molecule has 1 heterocycles. The zero-order valence-corrected chi connectivity index (χ0v) is 11.5. The van der Waals surface area contributed by atoms with E-state index >= 15 is 0 Å². The summed E-state index contributed by atoms with van der Waals surface area (Å²) in [7, 11) is 0. The van der Waals surface area contributed by atoms with Crippen molar-refractivity contribution in [2.75, 3.05) is 5.32 Å². The van der Waals surface area contributed by atoms with Crippen LogP contribution in [0.3, 0.4) is 0 Å². The van der Waals surface area contributed by atoms with E-state index in [9.17, 15) is 5.26 Å². The summed E-state index contributed by atoms with van der Waals surface area (Å²) in [5.41, 5.74) is 2.07. The fourth-order valence-corrected chi connectivity index (χ4v) is 2.82. The number of pyridine rings is 1. The van der Waals surface area contributed by atoms with Gasteiger partial charge in [-0.3, -0.25) is 0 Å². The van der Waals surface area contributed by atoms with Gasteiger partial charge in [0.2, 0.25) is 0 Å². The van der Waals surface area contributed by atoms with E-state index < -0.39 is 0 Å². The molecule has 18 heavy (non-hydrogen) atoms. The summed E-state index contributed by atoms with van der Waals surface area (Å²) in [5, 5.41) is 12.7. The van der Waals surface area contributed by atoms with Crippen LogP contribution in [0, 0.1) is 23.7 Å². The highest BCUT2D eigenvalue weighted by molar-refractivity contribution is 5.55. The molecule has 0 spiro atoms. The van der Waals surface area contributed by atoms with Crippen molar-refractivity contribution in [1.29, 1.82) is 5.26 Å². The van der Waals surface area contributed by atoms with Crippen LogP contribution in [0.25, 0.3) is 0 Å². The molecule has 3 nitrogen and oxygen atoms in total. The molecule has 1 aromatic rings. The molecule has 2 rings (SSSR count). The van der Waals surface area contributed by atoms with Crippen LogP contribution in [-0.2, 0) is 0 Å². The van der Waals surface area contributed by atoms with Gasteiger partial charge in [0.05, 0.1) is 5.56 Å². The zero-order chi connectivity index (χ0) is 13.2. The minimum atomic E-state index is 0.395. The average molecular weight is 243 g/mol. The molecule has 3 heteroatoms. The van der Waals surface area contributed by atoms with Crippen molar-refractivity contribution < 1.29 is 0 Å². The molecule has 1 N–H and O–H groups in total. The second-order valence-corrected chi connectivity index (χ2v) is 6.07. The third-order valence-electron chi connectivity index (χ3n) is 3.82. The molecule has 1 fully saturated rings. The number of hydrogen-bond acceptors (Lipinski definition) is 3. The predicted octanol–water partition coefficient (Wildman–Crippen LogP) is 3.64. The lowest BCUT2D eigenvalue weighted by molar-refractivity contribution is 0.229. The van der Waals surface area contributed by atoms with Crippen LogP contribution in [0.2, 0.25) is 0 Å². The van der Waals surface area contributed by atoms with Gasteiger partial charge in [-0.05, 0) is 43.2 Å². The number of aryl methyl sites for hydroxylation is 1. The van der Waals surface area contributed by atoms with Gasteiger partial charge < -0.3 is 5.32 Å². The summed E-state index contributed by atoms with van der Waals surface area (Å²) in [6.07, 6.45) is 6.62. The number of aromatic nitrogens is 1. The molecule has 1 aromatic heterocycles. The molecule has 0 bridgehead atoms. The molecular weight excluding hydrogens is 222 g/mol. The van der Waals surface area contributed by atoms with Crippen LogP contribution in [0.15, 0.2) is 12.3 Å². The zero-order valence-electron chi connectivity index (χ0n) is 11.5. The highest BCUT2D eigenvalue weighted by Gasteiger charge is 2.28. The van der Waals surface area contributed by atoms with Gasteiger partial charge in [-0.25, -0.2) is 4.98 Å². The number of hydrogen-bond donors (Lipinski definition) is 1. The van der Waals surface area contributed by atoms with Crippen molar-refractivity contribution in [3.05, 3.63) is 23.4 Å². The number of nitriles is 1. The minimum Gasteiger partial charge on any atom is -0.366 e. The van der Waals surface area contributed by atoms with Crippen LogP contribution in [0.1, 0.15) is 50.7 Å². The smallest absolute Gasteiger partial charge is 0.144 e. The maximum Gasteiger partial charge on any atom is 0.144 e. The van der Waals surface area contributed by atoms with Crippen molar-refractivity contribution in [2.45, 2.75) is 52.5 Å². The van der Waals surface area contributed by atoms with Crippen LogP contribution in [0.5, 0.6) is 0 Å². The SMILES string of the molecule is Cc1ccnc(NC2CCCC(C)(C)C2)c1C#N. The predicted molar refractivity (Wildman–Crippen MR) is 73.3 cm³/mol. The van der Waals surface area contributed by atoms with Gasteiger partial charge in [-0.1, -0.05) is 20.3 Å². The summed E-state index contributed by atoms with van der Waals surface area (Å²) in [4.78, 5) is 4.32. The lowest BCUT2D eigenvalue weighted by Gasteiger charge is -2.35. The molecule has 0 radical (unpaired) electrons. The standard InChI is InChI=1S/C15H21N3/c1-11-6-8-17-14(13(11)10-16)18-12-5-4-7-15(2,3)9-12/h6,8,12H,4-5,7,9H2,1-3H3,(H,17,18). The summed E-state index contributed by atoms with van der Waals surface area (Å²) in [6, 6.07) is 4.57. The first kappa shape index (κ1) is 12.9. The summed E-state index contributed by atoms with van der Waals surface area (Å²) in [5.74, 6) is 0.750. The number of nitrogens with zero attached hydrogens (tertiary/aromatic N) is 2. The monoisotopic (exact) mass is 243 g/mol. The van der Waals surface area contributed by atoms with E-state index in [1.54, 1.807) is 6.20 Å². The Morgan fingerprint density at radius 2 is 2.28 bits per heavy atom. The van der Waals surface area contributed by atoms with Crippen LogP contribution < -0.4 is 5.32 Å². The van der Waals surface area contributed by atoms with E-state index in [1.807, 2.05) is 13.0 Å². The third-order valence-corrected chi connectivity index (χ3v) is 3.82. The maximum absolute atomic E-state index is 9.20. The number of rotatable bonds is 2. The molecule has 96 valence electrons. The van der Waals surface area contributed by atoms with Crippen molar-refractivity contribution in [1.82, 2.24) is 4.98 Å². The fourth-order valence-electron chi connectivity index (χ4n) is 2.82.